The largest absolute Gasteiger partial charge is 0.291 e. The first-order chi connectivity index (χ1) is 11.6. The molecule has 4 nitrogen and oxygen atoms in total. The molecule has 0 heterocycles. The number of rotatable bonds is 2. The van der Waals surface area contributed by atoms with Crippen molar-refractivity contribution in [3.63, 3.8) is 0 Å². The van der Waals surface area contributed by atoms with Gasteiger partial charge < -0.3 is 0 Å². The predicted octanol–water partition coefficient (Wildman–Crippen LogP) is 4.50. The normalized spacial score (nSPS) is 21.2. The van der Waals surface area contributed by atoms with Gasteiger partial charge in [0.25, 0.3) is 10.0 Å². The molecule has 2 aromatic rings. The number of alkyl halides is 3. The van der Waals surface area contributed by atoms with Gasteiger partial charge in [0.1, 0.15) is 5.38 Å². The van der Waals surface area contributed by atoms with E-state index in [0.717, 1.165) is 0 Å². The molecule has 0 saturated heterocycles. The molecule has 0 radical (unpaired) electrons. The topological polar surface area (TPSA) is 63.6 Å². The minimum atomic E-state index is -4.10. The Balaban J connectivity index is 2.21. The quantitative estimate of drug-likeness (QED) is 0.651. The van der Waals surface area contributed by atoms with E-state index in [-0.39, 0.29) is 21.7 Å². The van der Waals surface area contributed by atoms with Gasteiger partial charge in [-0.05, 0) is 24.3 Å². The standard InChI is InChI=1S/C16H9Cl4NO3S/c17-9-5-7-10(8-6-9)25(23,24)21-13-11-3-1-2-4-12(11)15(22)16(19,20)14(13)18/h1-8,14H/t14-/m0/s1. The van der Waals surface area contributed by atoms with Crippen molar-refractivity contribution in [2.45, 2.75) is 14.6 Å². The van der Waals surface area contributed by atoms with Gasteiger partial charge in [-0.3, -0.25) is 4.79 Å². The lowest BCUT2D eigenvalue weighted by Gasteiger charge is -2.31. The summed E-state index contributed by atoms with van der Waals surface area (Å²) in [6.07, 6.45) is 0. The van der Waals surface area contributed by atoms with Gasteiger partial charge in [-0.25, -0.2) is 0 Å². The van der Waals surface area contributed by atoms with Crippen LogP contribution in [0.3, 0.4) is 0 Å². The van der Waals surface area contributed by atoms with Crippen LogP contribution in [0.15, 0.2) is 57.8 Å². The highest BCUT2D eigenvalue weighted by Gasteiger charge is 2.50. The minimum Gasteiger partial charge on any atom is -0.291 e. The third-order valence-corrected chi connectivity index (χ3v) is 6.73. The number of fused-ring (bicyclic) bond motifs is 1. The van der Waals surface area contributed by atoms with Crippen LogP contribution >= 0.6 is 46.4 Å². The number of nitrogens with zero attached hydrogens (tertiary/aromatic N) is 1. The van der Waals surface area contributed by atoms with Crippen LogP contribution in [0.2, 0.25) is 5.02 Å². The van der Waals surface area contributed by atoms with E-state index >= 15 is 0 Å². The van der Waals surface area contributed by atoms with Gasteiger partial charge in [-0.15, -0.1) is 11.6 Å². The van der Waals surface area contributed by atoms with E-state index in [1.165, 1.54) is 30.3 Å². The van der Waals surface area contributed by atoms with Crippen LogP contribution in [0.4, 0.5) is 0 Å². The number of benzene rings is 2. The number of Topliss-reactive ketones (excluding diaryl/α,β-unsaturated/α-hetero) is 1. The minimum absolute atomic E-state index is 0.0719. The fraction of sp³-hybridized carbons (Fsp3) is 0.125. The third-order valence-electron chi connectivity index (χ3n) is 3.64. The van der Waals surface area contributed by atoms with Gasteiger partial charge >= 0.3 is 0 Å². The maximum atomic E-state index is 12.6. The van der Waals surface area contributed by atoms with Gasteiger partial charge in [0.15, 0.2) is 0 Å². The van der Waals surface area contributed by atoms with Crippen molar-refractivity contribution >= 4 is 67.9 Å². The van der Waals surface area contributed by atoms with Crippen molar-refractivity contribution in [2.24, 2.45) is 4.40 Å². The Morgan fingerprint density at radius 2 is 1.52 bits per heavy atom. The fourth-order valence-corrected chi connectivity index (χ4v) is 4.30. The summed E-state index contributed by atoms with van der Waals surface area (Å²) in [6, 6.07) is 11.8. The summed E-state index contributed by atoms with van der Waals surface area (Å²) < 4.78 is 27.0. The summed E-state index contributed by atoms with van der Waals surface area (Å²) in [7, 11) is -4.10. The molecule has 0 bridgehead atoms. The highest BCUT2D eigenvalue weighted by atomic mass is 35.5. The molecular formula is C16H9Cl4NO3S. The number of sulfonamides is 1. The Morgan fingerprint density at radius 3 is 2.12 bits per heavy atom. The third kappa shape index (κ3) is 3.32. The first kappa shape index (κ1) is 18.7. The summed E-state index contributed by atoms with van der Waals surface area (Å²) in [6.45, 7) is 0. The molecule has 9 heteroatoms. The molecule has 0 aliphatic heterocycles. The molecule has 130 valence electrons. The van der Waals surface area contributed by atoms with Crippen LogP contribution in [-0.2, 0) is 10.0 Å². The summed E-state index contributed by atoms with van der Waals surface area (Å²) in [5.41, 5.74) is 0.355. The van der Waals surface area contributed by atoms with Gasteiger partial charge in [0.05, 0.1) is 10.6 Å². The van der Waals surface area contributed by atoms with E-state index in [1.807, 2.05) is 0 Å². The average molecular weight is 437 g/mol. The van der Waals surface area contributed by atoms with E-state index in [4.69, 9.17) is 46.4 Å². The molecule has 1 aliphatic carbocycles. The van der Waals surface area contributed by atoms with Crippen LogP contribution in [0.25, 0.3) is 0 Å². The number of carbonyl (C=O) groups is 1. The van der Waals surface area contributed by atoms with Crippen LogP contribution < -0.4 is 0 Å². The Kier molecular flexibility index (Phi) is 4.90. The fourth-order valence-electron chi connectivity index (χ4n) is 2.39. The summed E-state index contributed by atoms with van der Waals surface area (Å²) >= 11 is 24.2. The lowest BCUT2D eigenvalue weighted by molar-refractivity contribution is 0.0972. The van der Waals surface area contributed by atoms with Crippen LogP contribution in [-0.4, -0.2) is 29.6 Å². The van der Waals surface area contributed by atoms with E-state index in [9.17, 15) is 13.2 Å². The lowest BCUT2D eigenvalue weighted by atomic mass is 9.88. The molecule has 0 fully saturated rings. The Bertz CT molecular complexity index is 985. The second kappa shape index (κ2) is 6.56. The Labute approximate surface area is 164 Å². The highest BCUT2D eigenvalue weighted by molar-refractivity contribution is 7.90. The number of hydrogen-bond acceptors (Lipinski definition) is 3. The molecule has 3 rings (SSSR count). The number of ketones is 1. The zero-order valence-electron chi connectivity index (χ0n) is 12.3. The molecule has 0 spiro atoms. The molecule has 1 atom stereocenters. The van der Waals surface area contributed by atoms with Gasteiger partial charge in [0, 0.05) is 16.1 Å². The van der Waals surface area contributed by atoms with Crippen molar-refractivity contribution in [3.05, 3.63) is 64.7 Å². The maximum Gasteiger partial charge on any atom is 0.282 e. The van der Waals surface area contributed by atoms with E-state index in [1.54, 1.807) is 18.2 Å². The van der Waals surface area contributed by atoms with E-state index < -0.39 is 25.5 Å². The van der Waals surface area contributed by atoms with Crippen LogP contribution in [0.1, 0.15) is 15.9 Å². The first-order valence-electron chi connectivity index (χ1n) is 6.91. The SMILES string of the molecule is O=C1c2ccccc2C(=NS(=O)(=O)c2ccc(Cl)cc2)[C@H](Cl)C1(Cl)Cl. The van der Waals surface area contributed by atoms with Gasteiger partial charge in [-0.2, -0.15) is 12.8 Å². The second-order valence-corrected chi connectivity index (χ2v) is 9.13. The molecule has 1 aliphatic rings. The van der Waals surface area contributed by atoms with Crippen LogP contribution in [0.5, 0.6) is 0 Å². The van der Waals surface area contributed by atoms with E-state index in [2.05, 4.69) is 4.40 Å². The number of halogens is 4. The second-order valence-electron chi connectivity index (χ2n) is 5.27. The smallest absolute Gasteiger partial charge is 0.282 e. The molecule has 0 N–H and O–H groups in total. The van der Waals surface area contributed by atoms with E-state index in [0.29, 0.717) is 5.02 Å². The first-order valence-corrected chi connectivity index (χ1v) is 9.92. The van der Waals surface area contributed by atoms with Crippen molar-refractivity contribution in [2.75, 3.05) is 0 Å². The van der Waals surface area contributed by atoms with Crippen molar-refractivity contribution in [1.82, 2.24) is 0 Å². The van der Waals surface area contributed by atoms with Crippen molar-refractivity contribution in [3.8, 4) is 0 Å². The zero-order valence-corrected chi connectivity index (χ0v) is 16.1. The van der Waals surface area contributed by atoms with Gasteiger partial charge in [0.2, 0.25) is 10.1 Å². The van der Waals surface area contributed by atoms with Crippen molar-refractivity contribution in [1.29, 1.82) is 0 Å². The molecule has 2 aromatic carbocycles. The summed E-state index contributed by atoms with van der Waals surface area (Å²) in [4.78, 5) is 12.3. The lowest BCUT2D eigenvalue weighted by Crippen LogP contribution is -2.46. The Morgan fingerprint density at radius 1 is 0.960 bits per heavy atom. The monoisotopic (exact) mass is 435 g/mol. The Hall–Kier alpha value is -1.11. The van der Waals surface area contributed by atoms with Crippen LogP contribution in [0, 0.1) is 0 Å². The highest BCUT2D eigenvalue weighted by Crippen LogP contribution is 2.41. The molecule has 0 saturated carbocycles. The molecule has 0 amide bonds. The molecule has 0 unspecified atom stereocenters. The molecule has 0 aromatic heterocycles. The number of hydrogen-bond donors (Lipinski definition) is 0. The maximum absolute atomic E-state index is 12.6. The van der Waals surface area contributed by atoms with Gasteiger partial charge in [-0.1, -0.05) is 59.1 Å². The average Bonchev–Trinajstić information content (AvgIpc) is 2.58. The van der Waals surface area contributed by atoms with Crippen molar-refractivity contribution < 1.29 is 13.2 Å². The number of carbonyl (C=O) groups excluding carboxylic acids is 1. The molecule has 25 heavy (non-hydrogen) atoms. The molecular weight excluding hydrogens is 428 g/mol. The predicted molar refractivity (Wildman–Crippen MR) is 100 cm³/mol. The summed E-state index contributed by atoms with van der Waals surface area (Å²) in [5, 5.41) is -0.948. The zero-order chi connectivity index (χ0) is 18.4. The summed E-state index contributed by atoms with van der Waals surface area (Å²) in [5.74, 6) is -0.603.